The van der Waals surface area contributed by atoms with Gasteiger partial charge < -0.3 is 10.2 Å². The summed E-state index contributed by atoms with van der Waals surface area (Å²) in [7, 11) is 0. The summed E-state index contributed by atoms with van der Waals surface area (Å²) in [4.78, 5) is 25.9. The number of anilines is 1. The lowest BCUT2D eigenvalue weighted by molar-refractivity contribution is -0.129. The number of amides is 2. The monoisotopic (exact) mass is 372 g/mol. The maximum Gasteiger partial charge on any atom is 0.226 e. The first kappa shape index (κ1) is 20.0. The van der Waals surface area contributed by atoms with Crippen LogP contribution in [0.15, 0.2) is 36.4 Å². The van der Waals surface area contributed by atoms with E-state index < -0.39 is 0 Å². The second-order valence-electron chi connectivity index (χ2n) is 6.64. The van der Waals surface area contributed by atoms with Crippen molar-refractivity contribution >= 4 is 29.1 Å². The first-order chi connectivity index (χ1) is 12.3. The smallest absolute Gasteiger partial charge is 0.226 e. The maximum atomic E-state index is 12.4. The molecular formula is C21H25ClN2O2. The normalized spacial score (nSPS) is 10.5. The van der Waals surface area contributed by atoms with Crippen molar-refractivity contribution in [2.75, 3.05) is 11.9 Å². The molecule has 5 heteroatoms. The van der Waals surface area contributed by atoms with Gasteiger partial charge in [0.05, 0.1) is 0 Å². The molecule has 0 spiro atoms. The van der Waals surface area contributed by atoms with Gasteiger partial charge in [0.25, 0.3) is 0 Å². The van der Waals surface area contributed by atoms with Gasteiger partial charge in [0.1, 0.15) is 0 Å². The lowest BCUT2D eigenvalue weighted by Gasteiger charge is -2.21. The molecule has 0 bridgehead atoms. The molecule has 0 unspecified atom stereocenters. The molecule has 26 heavy (non-hydrogen) atoms. The van der Waals surface area contributed by atoms with Crippen molar-refractivity contribution in [2.24, 2.45) is 0 Å². The van der Waals surface area contributed by atoms with E-state index in [0.717, 1.165) is 22.4 Å². The van der Waals surface area contributed by atoms with Gasteiger partial charge in [-0.1, -0.05) is 41.4 Å². The molecule has 4 nitrogen and oxygen atoms in total. The lowest BCUT2D eigenvalue weighted by Crippen LogP contribution is -2.31. The van der Waals surface area contributed by atoms with Crippen molar-refractivity contribution in [3.05, 3.63) is 63.7 Å². The lowest BCUT2D eigenvalue weighted by atomic mass is 10.0. The Morgan fingerprint density at radius 1 is 1.04 bits per heavy atom. The van der Waals surface area contributed by atoms with Crippen LogP contribution in [0.1, 0.15) is 35.6 Å². The molecular weight excluding hydrogens is 348 g/mol. The molecule has 138 valence electrons. The second kappa shape index (κ2) is 8.86. The minimum Gasteiger partial charge on any atom is -0.338 e. The fourth-order valence-corrected chi connectivity index (χ4v) is 3.10. The molecule has 1 N–H and O–H groups in total. The predicted molar refractivity (Wildman–Crippen MR) is 106 cm³/mol. The number of aryl methyl sites for hydroxylation is 3. The zero-order valence-electron chi connectivity index (χ0n) is 15.7. The molecule has 0 aliphatic heterocycles. The molecule has 0 radical (unpaired) electrons. The molecule has 0 aliphatic carbocycles. The highest BCUT2D eigenvalue weighted by atomic mass is 35.5. The highest BCUT2D eigenvalue weighted by Gasteiger charge is 2.13. The minimum atomic E-state index is -0.0950. The number of carbonyl (C=O) groups is 2. The Morgan fingerprint density at radius 3 is 2.15 bits per heavy atom. The van der Waals surface area contributed by atoms with Crippen molar-refractivity contribution in [3.63, 3.8) is 0 Å². The molecule has 2 amide bonds. The van der Waals surface area contributed by atoms with Gasteiger partial charge in [-0.25, -0.2) is 0 Å². The van der Waals surface area contributed by atoms with Crippen LogP contribution in [0.5, 0.6) is 0 Å². The molecule has 0 saturated heterocycles. The Kier molecular flexibility index (Phi) is 6.81. The predicted octanol–water partition coefficient (Wildman–Crippen LogP) is 4.64. The van der Waals surface area contributed by atoms with E-state index in [4.69, 9.17) is 11.6 Å². The van der Waals surface area contributed by atoms with E-state index in [9.17, 15) is 9.59 Å². The number of halogens is 1. The molecule has 0 heterocycles. The zero-order valence-corrected chi connectivity index (χ0v) is 16.5. The van der Waals surface area contributed by atoms with Crippen molar-refractivity contribution in [1.29, 1.82) is 0 Å². The quantitative estimate of drug-likeness (QED) is 0.802. The Balaban J connectivity index is 1.97. The van der Waals surface area contributed by atoms with Crippen molar-refractivity contribution in [1.82, 2.24) is 4.90 Å². The third-order valence-corrected chi connectivity index (χ3v) is 4.53. The average molecular weight is 373 g/mol. The van der Waals surface area contributed by atoms with Crippen molar-refractivity contribution < 1.29 is 9.59 Å². The van der Waals surface area contributed by atoms with E-state index >= 15 is 0 Å². The van der Waals surface area contributed by atoms with Gasteiger partial charge in [-0.2, -0.15) is 0 Å². The Morgan fingerprint density at radius 2 is 1.62 bits per heavy atom. The molecule has 2 rings (SSSR count). The summed E-state index contributed by atoms with van der Waals surface area (Å²) in [5, 5.41) is 3.64. The zero-order chi connectivity index (χ0) is 19.3. The standard InChI is InChI=1S/C21H25ClN2O2/c1-14-11-15(2)21(16(3)12-14)23-20(26)9-10-24(17(4)25)13-18-5-7-19(22)8-6-18/h5-8,11-12H,9-10,13H2,1-4H3,(H,23,26). The fourth-order valence-electron chi connectivity index (χ4n) is 2.97. The molecule has 2 aromatic rings. The first-order valence-electron chi connectivity index (χ1n) is 8.64. The van der Waals surface area contributed by atoms with Crippen LogP contribution in [0, 0.1) is 20.8 Å². The van der Waals surface area contributed by atoms with Gasteiger partial charge in [-0.05, 0) is 49.6 Å². The van der Waals surface area contributed by atoms with Crippen LogP contribution >= 0.6 is 11.6 Å². The highest BCUT2D eigenvalue weighted by Crippen LogP contribution is 2.22. The van der Waals surface area contributed by atoms with E-state index in [1.807, 2.05) is 45.0 Å². The first-order valence-corrected chi connectivity index (χ1v) is 9.01. The molecule has 0 aromatic heterocycles. The van der Waals surface area contributed by atoms with Gasteiger partial charge in [0.15, 0.2) is 0 Å². The highest BCUT2D eigenvalue weighted by molar-refractivity contribution is 6.30. The summed E-state index contributed by atoms with van der Waals surface area (Å²) in [6, 6.07) is 11.5. The number of carbonyl (C=O) groups excluding carboxylic acids is 2. The van der Waals surface area contributed by atoms with Gasteiger partial charge in [0.2, 0.25) is 11.8 Å². The van der Waals surface area contributed by atoms with Crippen molar-refractivity contribution in [2.45, 2.75) is 40.7 Å². The third kappa shape index (κ3) is 5.60. The number of hydrogen-bond donors (Lipinski definition) is 1. The molecule has 0 atom stereocenters. The molecule has 2 aromatic carbocycles. The van der Waals surface area contributed by atoms with Gasteiger partial charge in [-0.3, -0.25) is 9.59 Å². The van der Waals surface area contributed by atoms with Crippen LogP contribution in [-0.4, -0.2) is 23.3 Å². The SMILES string of the molecule is CC(=O)N(CCC(=O)Nc1c(C)cc(C)cc1C)Cc1ccc(Cl)cc1. The number of benzene rings is 2. The summed E-state index contributed by atoms with van der Waals surface area (Å²) < 4.78 is 0. The second-order valence-corrected chi connectivity index (χ2v) is 7.08. The maximum absolute atomic E-state index is 12.4. The molecule has 0 aliphatic rings. The van der Waals surface area contributed by atoms with Gasteiger partial charge in [-0.15, -0.1) is 0 Å². The molecule has 0 fully saturated rings. The number of hydrogen-bond acceptors (Lipinski definition) is 2. The fraction of sp³-hybridized carbons (Fsp3) is 0.333. The Labute approximate surface area is 160 Å². The summed E-state index contributed by atoms with van der Waals surface area (Å²) in [5.74, 6) is -0.155. The summed E-state index contributed by atoms with van der Waals surface area (Å²) in [5.41, 5.74) is 5.09. The number of nitrogens with zero attached hydrogens (tertiary/aromatic N) is 1. The summed E-state index contributed by atoms with van der Waals surface area (Å²) >= 11 is 5.89. The van der Waals surface area contributed by atoms with Crippen LogP contribution in [0.25, 0.3) is 0 Å². The van der Waals surface area contributed by atoms with Gasteiger partial charge in [0, 0.05) is 37.1 Å². The van der Waals surface area contributed by atoms with Crippen LogP contribution in [0.3, 0.4) is 0 Å². The number of rotatable bonds is 6. The Bertz CT molecular complexity index is 777. The van der Waals surface area contributed by atoms with E-state index in [0.29, 0.717) is 18.1 Å². The van der Waals surface area contributed by atoms with E-state index in [2.05, 4.69) is 5.32 Å². The largest absolute Gasteiger partial charge is 0.338 e. The Hall–Kier alpha value is -2.33. The third-order valence-electron chi connectivity index (χ3n) is 4.28. The van der Waals surface area contributed by atoms with Crippen LogP contribution in [0.2, 0.25) is 5.02 Å². The van der Waals surface area contributed by atoms with Crippen LogP contribution < -0.4 is 5.32 Å². The topological polar surface area (TPSA) is 49.4 Å². The molecule has 0 saturated carbocycles. The van der Waals surface area contributed by atoms with E-state index in [-0.39, 0.29) is 18.2 Å². The minimum absolute atomic E-state index is 0.0598. The van der Waals surface area contributed by atoms with E-state index in [1.165, 1.54) is 12.5 Å². The van der Waals surface area contributed by atoms with E-state index in [1.54, 1.807) is 17.0 Å². The van der Waals surface area contributed by atoms with Crippen LogP contribution in [-0.2, 0) is 16.1 Å². The number of nitrogens with one attached hydrogen (secondary N) is 1. The van der Waals surface area contributed by atoms with Crippen LogP contribution in [0.4, 0.5) is 5.69 Å². The summed E-state index contributed by atoms with van der Waals surface area (Å²) in [6.07, 6.45) is 0.250. The van der Waals surface area contributed by atoms with Gasteiger partial charge >= 0.3 is 0 Å². The average Bonchev–Trinajstić information content (AvgIpc) is 2.56. The summed E-state index contributed by atoms with van der Waals surface area (Å²) in [6.45, 7) is 8.35. The van der Waals surface area contributed by atoms with Crippen molar-refractivity contribution in [3.8, 4) is 0 Å².